The van der Waals surface area contributed by atoms with Crippen LogP contribution in [0.1, 0.15) is 11.3 Å². The van der Waals surface area contributed by atoms with Crippen LogP contribution in [0.3, 0.4) is 0 Å². The minimum Gasteiger partial charge on any atom is -0.497 e. The smallest absolute Gasteiger partial charge is 0.224 e. The first kappa shape index (κ1) is 16.2. The lowest BCUT2D eigenvalue weighted by molar-refractivity contribution is -0.120. The summed E-state index contributed by atoms with van der Waals surface area (Å²) in [6.07, 6.45) is 6.55. The second-order valence-corrected chi connectivity index (χ2v) is 6.10. The Kier molecular flexibility index (Phi) is 4.31. The van der Waals surface area contributed by atoms with Gasteiger partial charge in [-0.25, -0.2) is 4.98 Å². The predicted molar refractivity (Wildman–Crippen MR) is 98.4 cm³/mol. The second-order valence-electron chi connectivity index (χ2n) is 6.10. The molecule has 0 aliphatic rings. The van der Waals surface area contributed by atoms with E-state index in [2.05, 4.69) is 10.3 Å². The van der Waals surface area contributed by atoms with Crippen LogP contribution in [0.4, 0.5) is 0 Å². The van der Waals surface area contributed by atoms with E-state index in [4.69, 9.17) is 9.15 Å². The van der Waals surface area contributed by atoms with Crippen LogP contribution < -0.4 is 10.1 Å². The fraction of sp³-hybridized carbons (Fsp3) is 0.200. The van der Waals surface area contributed by atoms with Crippen LogP contribution in [-0.2, 0) is 17.6 Å². The Labute approximate surface area is 150 Å². The molecule has 0 spiro atoms. The number of ether oxygens (including phenoxy) is 1. The molecule has 4 aromatic rings. The number of carbonyl (C=O) groups excluding carboxylic acids is 1. The summed E-state index contributed by atoms with van der Waals surface area (Å²) in [5, 5.41) is 3.88. The molecule has 0 bridgehead atoms. The largest absolute Gasteiger partial charge is 0.497 e. The van der Waals surface area contributed by atoms with Crippen molar-refractivity contribution in [3.05, 3.63) is 66.3 Å². The van der Waals surface area contributed by atoms with Crippen LogP contribution >= 0.6 is 0 Å². The molecule has 0 fully saturated rings. The highest BCUT2D eigenvalue weighted by atomic mass is 16.5. The molecular formula is C20H19N3O3. The van der Waals surface area contributed by atoms with E-state index in [1.807, 2.05) is 53.2 Å². The highest BCUT2D eigenvalue weighted by Gasteiger charge is 2.11. The van der Waals surface area contributed by atoms with Gasteiger partial charge in [-0.05, 0) is 24.3 Å². The molecule has 0 radical (unpaired) electrons. The third-order valence-electron chi connectivity index (χ3n) is 4.33. The topological polar surface area (TPSA) is 68.8 Å². The Balaban J connectivity index is 1.35. The Morgan fingerprint density at radius 3 is 3.08 bits per heavy atom. The molecule has 0 saturated heterocycles. The van der Waals surface area contributed by atoms with Crippen molar-refractivity contribution in [1.29, 1.82) is 0 Å². The first-order valence-corrected chi connectivity index (χ1v) is 8.46. The van der Waals surface area contributed by atoms with Crippen molar-refractivity contribution in [2.75, 3.05) is 13.7 Å². The summed E-state index contributed by atoms with van der Waals surface area (Å²) >= 11 is 0. The van der Waals surface area contributed by atoms with Gasteiger partial charge in [-0.2, -0.15) is 0 Å². The van der Waals surface area contributed by atoms with Gasteiger partial charge in [0.2, 0.25) is 5.91 Å². The molecule has 0 unspecified atom stereocenters. The highest BCUT2D eigenvalue weighted by Crippen LogP contribution is 2.25. The summed E-state index contributed by atoms with van der Waals surface area (Å²) in [5.74, 6) is 0.697. The summed E-state index contributed by atoms with van der Waals surface area (Å²) in [4.78, 5) is 16.8. The Hall–Kier alpha value is -3.28. The van der Waals surface area contributed by atoms with E-state index in [1.54, 1.807) is 13.4 Å². The maximum Gasteiger partial charge on any atom is 0.224 e. The van der Waals surface area contributed by atoms with Crippen LogP contribution in [0.15, 0.2) is 59.5 Å². The van der Waals surface area contributed by atoms with Gasteiger partial charge in [0.1, 0.15) is 17.0 Å². The van der Waals surface area contributed by atoms with Crippen LogP contribution in [0.25, 0.3) is 16.6 Å². The van der Waals surface area contributed by atoms with Crippen LogP contribution in [-0.4, -0.2) is 28.9 Å². The predicted octanol–water partition coefficient (Wildman–Crippen LogP) is 2.99. The Bertz CT molecular complexity index is 1030. The van der Waals surface area contributed by atoms with E-state index >= 15 is 0 Å². The number of carbonyl (C=O) groups is 1. The number of imidazole rings is 1. The average Bonchev–Trinajstić information content (AvgIpc) is 3.25. The lowest BCUT2D eigenvalue weighted by Crippen LogP contribution is -2.27. The van der Waals surface area contributed by atoms with E-state index in [-0.39, 0.29) is 12.3 Å². The molecule has 6 nitrogen and oxygen atoms in total. The van der Waals surface area contributed by atoms with Crippen molar-refractivity contribution in [1.82, 2.24) is 14.7 Å². The number of amides is 1. The van der Waals surface area contributed by atoms with Gasteiger partial charge in [0.05, 0.1) is 25.5 Å². The van der Waals surface area contributed by atoms with E-state index in [0.29, 0.717) is 13.0 Å². The standard InChI is InChI=1S/C20H19N3O3/c1-25-16-5-6-17-14(13-26-18(17)11-16)10-20(24)21-8-7-15-12-23-9-3-2-4-19(23)22-15/h2-6,9,11-13H,7-8,10H2,1H3,(H,21,24). The fourth-order valence-electron chi connectivity index (χ4n) is 3.00. The lowest BCUT2D eigenvalue weighted by Gasteiger charge is -2.03. The number of benzene rings is 1. The van der Waals surface area contributed by atoms with E-state index in [9.17, 15) is 4.79 Å². The molecule has 0 aliphatic carbocycles. The molecule has 0 aliphatic heterocycles. The number of rotatable bonds is 6. The van der Waals surface area contributed by atoms with Crippen molar-refractivity contribution in [2.24, 2.45) is 0 Å². The third kappa shape index (κ3) is 3.26. The number of furan rings is 1. The maximum absolute atomic E-state index is 12.2. The summed E-state index contributed by atoms with van der Waals surface area (Å²) in [6.45, 7) is 0.548. The van der Waals surface area contributed by atoms with Gasteiger partial charge in [-0.3, -0.25) is 4.79 Å². The Morgan fingerprint density at radius 2 is 2.23 bits per heavy atom. The number of methoxy groups -OCH3 is 1. The van der Waals surface area contributed by atoms with Crippen molar-refractivity contribution in [2.45, 2.75) is 12.8 Å². The molecule has 0 atom stereocenters. The lowest BCUT2D eigenvalue weighted by atomic mass is 10.1. The molecule has 0 saturated carbocycles. The van der Waals surface area contributed by atoms with Gasteiger partial charge in [0.15, 0.2) is 0 Å². The van der Waals surface area contributed by atoms with Gasteiger partial charge in [0.25, 0.3) is 0 Å². The van der Waals surface area contributed by atoms with Gasteiger partial charge >= 0.3 is 0 Å². The quantitative estimate of drug-likeness (QED) is 0.581. The zero-order chi connectivity index (χ0) is 17.9. The number of aromatic nitrogens is 2. The van der Waals surface area contributed by atoms with Crippen LogP contribution in [0, 0.1) is 0 Å². The van der Waals surface area contributed by atoms with E-state index in [0.717, 1.165) is 33.6 Å². The number of fused-ring (bicyclic) bond motifs is 2. The van der Waals surface area contributed by atoms with Crippen molar-refractivity contribution in [3.63, 3.8) is 0 Å². The zero-order valence-corrected chi connectivity index (χ0v) is 14.4. The number of nitrogens with one attached hydrogen (secondary N) is 1. The molecule has 4 rings (SSSR count). The second kappa shape index (κ2) is 6.92. The van der Waals surface area contributed by atoms with Crippen LogP contribution in [0.2, 0.25) is 0 Å². The molecule has 3 aromatic heterocycles. The summed E-state index contributed by atoms with van der Waals surface area (Å²) < 4.78 is 12.7. The maximum atomic E-state index is 12.2. The van der Waals surface area contributed by atoms with Gasteiger partial charge in [0, 0.05) is 42.4 Å². The summed E-state index contributed by atoms with van der Waals surface area (Å²) in [7, 11) is 1.61. The SMILES string of the molecule is COc1ccc2c(CC(=O)NCCc3cn4ccccc4n3)coc2c1. The third-order valence-corrected chi connectivity index (χ3v) is 4.33. The van der Waals surface area contributed by atoms with Crippen molar-refractivity contribution < 1.29 is 13.9 Å². The minimum absolute atomic E-state index is 0.0349. The Morgan fingerprint density at radius 1 is 1.31 bits per heavy atom. The van der Waals surface area contributed by atoms with Gasteiger partial charge in [-0.1, -0.05) is 6.07 Å². The highest BCUT2D eigenvalue weighted by molar-refractivity contribution is 5.88. The molecule has 26 heavy (non-hydrogen) atoms. The molecule has 1 aromatic carbocycles. The van der Waals surface area contributed by atoms with Crippen molar-refractivity contribution >= 4 is 22.5 Å². The van der Waals surface area contributed by atoms with Crippen LogP contribution in [0.5, 0.6) is 5.75 Å². The number of nitrogens with zero attached hydrogens (tertiary/aromatic N) is 2. The molecular weight excluding hydrogens is 330 g/mol. The summed E-state index contributed by atoms with van der Waals surface area (Å²) in [5.41, 5.74) is 3.45. The minimum atomic E-state index is -0.0349. The molecule has 6 heteroatoms. The van der Waals surface area contributed by atoms with E-state index in [1.165, 1.54) is 0 Å². The molecule has 1 N–H and O–H groups in total. The molecule has 132 valence electrons. The van der Waals surface area contributed by atoms with Gasteiger partial charge < -0.3 is 18.9 Å². The molecule has 3 heterocycles. The van der Waals surface area contributed by atoms with E-state index < -0.39 is 0 Å². The number of pyridine rings is 1. The number of hydrogen-bond donors (Lipinski definition) is 1. The molecule has 1 amide bonds. The fourth-order valence-corrected chi connectivity index (χ4v) is 3.00. The zero-order valence-electron chi connectivity index (χ0n) is 14.4. The first-order valence-electron chi connectivity index (χ1n) is 8.46. The first-order chi connectivity index (χ1) is 12.7. The summed E-state index contributed by atoms with van der Waals surface area (Å²) in [6, 6.07) is 11.5. The van der Waals surface area contributed by atoms with Crippen molar-refractivity contribution in [3.8, 4) is 5.75 Å². The monoisotopic (exact) mass is 349 g/mol. The normalized spacial score (nSPS) is 11.1. The number of hydrogen-bond acceptors (Lipinski definition) is 4. The van der Waals surface area contributed by atoms with Gasteiger partial charge in [-0.15, -0.1) is 0 Å². The average molecular weight is 349 g/mol.